The quantitative estimate of drug-likeness (QED) is 0.654. The molecule has 58 valence electrons. The SMILES string of the molecule is [2H]c1c([2H])c(C([2H])([2H])[2H])c([2H])c(C([2H])([2H])[2H])c1NC=O. The monoisotopic (exact) mass is 158 g/mol. The summed E-state index contributed by atoms with van der Waals surface area (Å²) in [6, 6.07) is -2.42. The highest BCUT2D eigenvalue weighted by atomic mass is 16.1. The van der Waals surface area contributed by atoms with Gasteiger partial charge in [-0.05, 0) is 25.3 Å². The fourth-order valence-corrected chi connectivity index (χ4v) is 0.573. The average molecular weight is 158 g/mol. The molecule has 0 aliphatic rings. The van der Waals surface area contributed by atoms with Crippen LogP contribution in [0, 0.1) is 13.7 Å². The van der Waals surface area contributed by atoms with Gasteiger partial charge in [0.2, 0.25) is 6.41 Å². The zero-order chi connectivity index (χ0) is 15.9. The van der Waals surface area contributed by atoms with Gasteiger partial charge in [-0.2, -0.15) is 0 Å². The summed E-state index contributed by atoms with van der Waals surface area (Å²) in [4.78, 5) is 10.5. The molecular weight excluding hydrogens is 138 g/mol. The minimum absolute atomic E-state index is 0.108. The second kappa shape index (κ2) is 3.19. The van der Waals surface area contributed by atoms with Gasteiger partial charge >= 0.3 is 0 Å². The molecular formula is C9H11NO. The minimum Gasteiger partial charge on any atom is -0.328 e. The van der Waals surface area contributed by atoms with Crippen molar-refractivity contribution >= 4 is 12.1 Å². The second-order valence-electron chi connectivity index (χ2n) is 1.76. The van der Waals surface area contributed by atoms with Gasteiger partial charge in [0.25, 0.3) is 0 Å². The topological polar surface area (TPSA) is 29.1 Å². The summed E-state index contributed by atoms with van der Waals surface area (Å²) in [6.07, 6.45) is 0.108. The van der Waals surface area contributed by atoms with E-state index in [2.05, 4.69) is 0 Å². The van der Waals surface area contributed by atoms with Crippen molar-refractivity contribution in [3.63, 3.8) is 0 Å². The van der Waals surface area contributed by atoms with Crippen LogP contribution in [0.15, 0.2) is 18.1 Å². The van der Waals surface area contributed by atoms with Crippen molar-refractivity contribution in [3.8, 4) is 0 Å². The Balaban J connectivity index is 3.89. The van der Waals surface area contributed by atoms with Gasteiger partial charge < -0.3 is 5.32 Å². The van der Waals surface area contributed by atoms with Crippen LogP contribution in [0.1, 0.15) is 23.5 Å². The van der Waals surface area contributed by atoms with Crippen LogP contribution in [0.2, 0.25) is 0 Å². The predicted molar refractivity (Wildman–Crippen MR) is 45.6 cm³/mol. The Labute approximate surface area is 78.9 Å². The Morgan fingerprint density at radius 2 is 2.55 bits per heavy atom. The van der Waals surface area contributed by atoms with E-state index < -0.39 is 48.6 Å². The molecule has 1 N–H and O–H groups in total. The maximum absolute atomic E-state index is 10.5. The molecule has 0 heterocycles. The second-order valence-corrected chi connectivity index (χ2v) is 1.76. The predicted octanol–water partition coefficient (Wildman–Crippen LogP) is 1.87. The fourth-order valence-electron chi connectivity index (χ4n) is 0.573. The Morgan fingerprint density at radius 3 is 3.18 bits per heavy atom. The van der Waals surface area contributed by atoms with Crippen LogP contribution in [0.5, 0.6) is 0 Å². The highest BCUT2D eigenvalue weighted by Gasteiger charge is 1.94. The fraction of sp³-hybridized carbons (Fsp3) is 0.222. The standard InChI is InChI=1S/C9H11NO/c1-7-3-4-9(10-6-11)8(2)5-7/h3-6H,1-2H3,(H,10,11)/i1D3,2D3,3D,4D,5D. The van der Waals surface area contributed by atoms with Crippen molar-refractivity contribution in [2.45, 2.75) is 13.7 Å². The van der Waals surface area contributed by atoms with E-state index in [1.54, 1.807) is 0 Å². The van der Waals surface area contributed by atoms with E-state index in [0.717, 1.165) is 0 Å². The lowest BCUT2D eigenvalue weighted by Crippen LogP contribution is -1.95. The summed E-state index contributed by atoms with van der Waals surface area (Å²) in [6.45, 7) is -5.80. The minimum atomic E-state index is -2.90. The summed E-state index contributed by atoms with van der Waals surface area (Å²) in [5.41, 5.74) is -2.11. The zero-order valence-corrected chi connectivity index (χ0v) is 5.49. The van der Waals surface area contributed by atoms with E-state index in [4.69, 9.17) is 12.3 Å². The first kappa shape index (κ1) is 2.09. The molecule has 1 aromatic carbocycles. The lowest BCUT2D eigenvalue weighted by atomic mass is 10.1. The molecule has 2 heteroatoms. The van der Waals surface area contributed by atoms with Gasteiger partial charge in [0.05, 0.1) is 4.11 Å². The maximum atomic E-state index is 10.5. The lowest BCUT2D eigenvalue weighted by Gasteiger charge is -2.03. The smallest absolute Gasteiger partial charge is 0.211 e. The average Bonchev–Trinajstić information content (AvgIpc) is 2.22. The van der Waals surface area contributed by atoms with Crippen molar-refractivity contribution in [2.75, 3.05) is 5.32 Å². The molecule has 0 saturated carbocycles. The number of amides is 1. The number of rotatable bonds is 2. The number of hydrogen-bond acceptors (Lipinski definition) is 1. The molecule has 0 saturated heterocycles. The molecule has 0 bridgehead atoms. The Kier molecular flexibility index (Phi) is 0.608. The molecule has 1 aromatic rings. The number of carbonyl (C=O) groups is 1. The largest absolute Gasteiger partial charge is 0.328 e. The van der Waals surface area contributed by atoms with Gasteiger partial charge in [-0.25, -0.2) is 0 Å². The Bertz CT molecular complexity index is 546. The van der Waals surface area contributed by atoms with Gasteiger partial charge in [0.15, 0.2) is 0 Å². The van der Waals surface area contributed by atoms with E-state index in [1.807, 2.05) is 5.32 Å². The number of hydrogen-bond donors (Lipinski definition) is 1. The van der Waals surface area contributed by atoms with Crippen LogP contribution >= 0.6 is 0 Å². The van der Waals surface area contributed by atoms with Crippen molar-refractivity contribution in [2.24, 2.45) is 0 Å². The van der Waals surface area contributed by atoms with Gasteiger partial charge in [-0.15, -0.1) is 0 Å². The number of anilines is 1. The Hall–Kier alpha value is -1.31. The summed E-state index contributed by atoms with van der Waals surface area (Å²) < 4.78 is 66.8. The van der Waals surface area contributed by atoms with E-state index >= 15 is 0 Å². The van der Waals surface area contributed by atoms with E-state index in [9.17, 15) is 4.79 Å². The first-order valence-electron chi connectivity index (χ1n) is 7.27. The van der Waals surface area contributed by atoms with E-state index in [-0.39, 0.29) is 6.41 Å². The zero-order valence-electron chi connectivity index (χ0n) is 14.5. The van der Waals surface area contributed by atoms with Crippen LogP contribution in [0.4, 0.5) is 5.69 Å². The van der Waals surface area contributed by atoms with Crippen molar-refractivity contribution in [1.82, 2.24) is 0 Å². The van der Waals surface area contributed by atoms with Crippen molar-refractivity contribution in [3.05, 3.63) is 29.3 Å². The molecule has 1 amide bonds. The summed E-state index contributed by atoms with van der Waals surface area (Å²) in [5.74, 6) is 0. The molecule has 0 aliphatic carbocycles. The van der Waals surface area contributed by atoms with Crippen LogP contribution < -0.4 is 5.32 Å². The van der Waals surface area contributed by atoms with Crippen molar-refractivity contribution in [1.29, 1.82) is 0 Å². The molecule has 11 heavy (non-hydrogen) atoms. The van der Waals surface area contributed by atoms with Crippen LogP contribution in [-0.2, 0) is 4.79 Å². The first-order chi connectivity index (χ1) is 8.92. The molecule has 1 rings (SSSR count). The molecule has 0 unspecified atom stereocenters. The normalized spacial score (nSPS) is 23.5. The van der Waals surface area contributed by atoms with Gasteiger partial charge in [0.1, 0.15) is 0 Å². The number of benzene rings is 1. The molecule has 0 fully saturated rings. The van der Waals surface area contributed by atoms with Crippen LogP contribution in [0.3, 0.4) is 0 Å². The maximum Gasteiger partial charge on any atom is 0.211 e. The third-order valence-corrected chi connectivity index (χ3v) is 1.02. The van der Waals surface area contributed by atoms with E-state index in [0.29, 0.717) is 0 Å². The summed E-state index contributed by atoms with van der Waals surface area (Å²) in [5, 5.41) is 1.96. The third kappa shape index (κ3) is 1.80. The molecule has 2 nitrogen and oxygen atoms in total. The molecule has 0 radical (unpaired) electrons. The highest BCUT2D eigenvalue weighted by molar-refractivity contribution is 5.73. The number of nitrogens with one attached hydrogen (secondary N) is 1. The molecule has 0 aliphatic heterocycles. The third-order valence-electron chi connectivity index (χ3n) is 1.02. The van der Waals surface area contributed by atoms with Crippen molar-refractivity contribution < 1.29 is 17.1 Å². The van der Waals surface area contributed by atoms with Gasteiger partial charge in [-0.1, -0.05) is 17.6 Å². The van der Waals surface area contributed by atoms with E-state index in [1.165, 1.54) is 0 Å². The van der Waals surface area contributed by atoms with Crippen LogP contribution in [0.25, 0.3) is 0 Å². The highest BCUT2D eigenvalue weighted by Crippen LogP contribution is 2.14. The molecule has 0 atom stereocenters. The first-order valence-corrected chi connectivity index (χ1v) is 2.77. The van der Waals surface area contributed by atoms with Gasteiger partial charge in [-0.3, -0.25) is 4.79 Å². The van der Waals surface area contributed by atoms with Crippen LogP contribution in [-0.4, -0.2) is 6.41 Å². The molecule has 0 aromatic heterocycles. The van der Waals surface area contributed by atoms with Gasteiger partial charge in [0, 0.05) is 13.9 Å². The lowest BCUT2D eigenvalue weighted by molar-refractivity contribution is -0.105. The summed E-state index contributed by atoms with van der Waals surface area (Å²) in [7, 11) is 0. The molecule has 0 spiro atoms. The summed E-state index contributed by atoms with van der Waals surface area (Å²) >= 11 is 0. The Morgan fingerprint density at radius 1 is 1.64 bits per heavy atom. The number of carbonyl (C=O) groups excluding carboxylic acids is 1.